The van der Waals surface area contributed by atoms with E-state index >= 15 is 0 Å². The molecule has 0 radical (unpaired) electrons. The van der Waals surface area contributed by atoms with Gasteiger partial charge in [0.2, 0.25) is 0 Å². The maximum Gasteiger partial charge on any atom is 0.278 e. The smallest absolute Gasteiger partial charge is 0.278 e. The number of hydrazone groups is 1. The molecule has 10 nitrogen and oxygen atoms in total. The summed E-state index contributed by atoms with van der Waals surface area (Å²) in [6.07, 6.45) is 1.11. The summed E-state index contributed by atoms with van der Waals surface area (Å²) in [5, 5.41) is 15.2. The molecule has 0 bridgehead atoms. The molecule has 3 aromatic carbocycles. The van der Waals surface area contributed by atoms with Crippen molar-refractivity contribution in [1.29, 1.82) is 0 Å². The Morgan fingerprint density at radius 2 is 1.77 bits per heavy atom. The Kier molecular flexibility index (Phi) is 8.39. The van der Waals surface area contributed by atoms with E-state index in [-0.39, 0.29) is 34.2 Å². The fourth-order valence-electron chi connectivity index (χ4n) is 3.08. The maximum absolute atomic E-state index is 13.5. The van der Waals surface area contributed by atoms with E-state index in [1.807, 2.05) is 0 Å². The Hall–Kier alpha value is -3.96. The van der Waals surface area contributed by atoms with Gasteiger partial charge in [0.1, 0.15) is 12.3 Å². The van der Waals surface area contributed by atoms with Crippen LogP contribution in [0.25, 0.3) is 0 Å². The lowest BCUT2D eigenvalue weighted by Gasteiger charge is -2.25. The predicted molar refractivity (Wildman–Crippen MR) is 132 cm³/mol. The summed E-state index contributed by atoms with van der Waals surface area (Å²) in [5.74, 6) is -0.507. The van der Waals surface area contributed by atoms with Crippen molar-refractivity contribution in [3.63, 3.8) is 0 Å². The first kappa shape index (κ1) is 25.7. The molecular weight excluding hydrogens is 496 g/mol. The number of benzene rings is 3. The number of halogens is 1. The normalized spacial score (nSPS) is 11.3. The summed E-state index contributed by atoms with van der Waals surface area (Å²) in [6.45, 7) is 1.39. The molecule has 0 aliphatic carbocycles. The molecule has 0 saturated heterocycles. The van der Waals surface area contributed by atoms with Crippen LogP contribution in [-0.2, 0) is 14.8 Å². The van der Waals surface area contributed by atoms with E-state index in [1.54, 1.807) is 31.2 Å². The third-order valence-electron chi connectivity index (χ3n) is 4.65. The molecule has 0 aromatic heterocycles. The second-order valence-electron chi connectivity index (χ2n) is 6.98. The summed E-state index contributed by atoms with van der Waals surface area (Å²) < 4.78 is 33.4. The Labute approximate surface area is 207 Å². The summed E-state index contributed by atoms with van der Waals surface area (Å²) in [7, 11) is -4.21. The molecule has 0 fully saturated rings. The minimum Gasteiger partial charge on any atom is -0.492 e. The van der Waals surface area contributed by atoms with Crippen LogP contribution >= 0.6 is 11.6 Å². The summed E-state index contributed by atoms with van der Waals surface area (Å²) in [5.41, 5.74) is 2.36. The standard InChI is InChI=1S/C23H21ClN4O6S/c1-2-34-22-10-6-5-9-21(22)27(35(32,33)19-13-11-18(24)12-14-19)16-23(29)26-25-15-17-7-3-4-8-20(17)28(30)31/h3-15H,2,16H2,1H3,(H,26,29)/b25-15-. The number of nitrogens with zero attached hydrogens (tertiary/aromatic N) is 3. The van der Waals surface area contributed by atoms with E-state index in [0.717, 1.165) is 10.5 Å². The van der Waals surface area contributed by atoms with Gasteiger partial charge >= 0.3 is 0 Å². The van der Waals surface area contributed by atoms with E-state index in [1.165, 1.54) is 48.5 Å². The second kappa shape index (κ2) is 11.4. The second-order valence-corrected chi connectivity index (χ2v) is 9.27. The third kappa shape index (κ3) is 6.34. The van der Waals surface area contributed by atoms with Gasteiger partial charge in [-0.2, -0.15) is 5.10 Å². The number of hydrogen-bond acceptors (Lipinski definition) is 7. The fraction of sp³-hybridized carbons (Fsp3) is 0.130. The highest BCUT2D eigenvalue weighted by Gasteiger charge is 2.29. The summed E-state index contributed by atoms with van der Waals surface area (Å²) >= 11 is 5.90. The molecule has 3 aromatic rings. The lowest BCUT2D eigenvalue weighted by Crippen LogP contribution is -2.39. The Morgan fingerprint density at radius 1 is 1.11 bits per heavy atom. The molecule has 0 aliphatic rings. The van der Waals surface area contributed by atoms with Crippen LogP contribution in [0.5, 0.6) is 5.75 Å². The number of para-hydroxylation sites is 3. The Balaban J connectivity index is 1.91. The highest BCUT2D eigenvalue weighted by Crippen LogP contribution is 2.32. The molecular formula is C23H21ClN4O6S. The van der Waals surface area contributed by atoms with Crippen LogP contribution in [0.15, 0.2) is 82.8 Å². The van der Waals surface area contributed by atoms with Crippen LogP contribution in [0.3, 0.4) is 0 Å². The van der Waals surface area contributed by atoms with Crippen LogP contribution in [0.4, 0.5) is 11.4 Å². The first-order valence-corrected chi connectivity index (χ1v) is 12.1. The van der Waals surface area contributed by atoms with Gasteiger partial charge in [-0.25, -0.2) is 13.8 Å². The number of nitrogens with one attached hydrogen (secondary N) is 1. The van der Waals surface area contributed by atoms with E-state index in [9.17, 15) is 23.3 Å². The van der Waals surface area contributed by atoms with Gasteiger partial charge in [-0.05, 0) is 49.4 Å². The minimum atomic E-state index is -4.21. The van der Waals surface area contributed by atoms with E-state index < -0.39 is 27.4 Å². The molecule has 182 valence electrons. The van der Waals surface area contributed by atoms with Crippen molar-refractivity contribution in [3.8, 4) is 5.75 Å². The molecule has 35 heavy (non-hydrogen) atoms. The van der Waals surface area contributed by atoms with Gasteiger partial charge in [0.25, 0.3) is 21.6 Å². The molecule has 0 atom stereocenters. The zero-order valence-corrected chi connectivity index (χ0v) is 20.1. The number of nitro benzene ring substituents is 1. The van der Waals surface area contributed by atoms with Gasteiger partial charge in [-0.1, -0.05) is 35.9 Å². The maximum atomic E-state index is 13.5. The minimum absolute atomic E-state index is 0.0792. The van der Waals surface area contributed by atoms with Crippen molar-refractivity contribution < 1.29 is 22.9 Å². The van der Waals surface area contributed by atoms with Crippen molar-refractivity contribution in [2.24, 2.45) is 5.10 Å². The number of amides is 1. The molecule has 0 saturated carbocycles. The quantitative estimate of drug-likeness (QED) is 0.246. The number of hydrogen-bond donors (Lipinski definition) is 1. The average molecular weight is 517 g/mol. The SMILES string of the molecule is CCOc1ccccc1N(CC(=O)N/N=C\c1ccccc1[N+](=O)[O-])S(=O)(=O)c1ccc(Cl)cc1. The molecule has 0 unspecified atom stereocenters. The zero-order chi connectivity index (χ0) is 25.4. The molecule has 1 N–H and O–H groups in total. The van der Waals surface area contributed by atoms with Crippen LogP contribution in [-0.4, -0.2) is 38.6 Å². The highest BCUT2D eigenvalue weighted by atomic mass is 35.5. The highest BCUT2D eigenvalue weighted by molar-refractivity contribution is 7.92. The number of carbonyl (C=O) groups is 1. The molecule has 1 amide bonds. The molecule has 3 rings (SSSR count). The van der Waals surface area contributed by atoms with Gasteiger partial charge in [0, 0.05) is 11.1 Å². The first-order valence-electron chi connectivity index (χ1n) is 10.3. The Bertz CT molecular complexity index is 1350. The van der Waals surface area contributed by atoms with E-state index in [4.69, 9.17) is 16.3 Å². The lowest BCUT2D eigenvalue weighted by atomic mass is 10.2. The van der Waals surface area contributed by atoms with E-state index in [0.29, 0.717) is 5.02 Å². The van der Waals surface area contributed by atoms with Crippen molar-refractivity contribution in [3.05, 3.63) is 93.5 Å². The molecule has 0 aliphatic heterocycles. The van der Waals surface area contributed by atoms with Gasteiger partial charge in [0.15, 0.2) is 0 Å². The molecule has 0 heterocycles. The monoisotopic (exact) mass is 516 g/mol. The number of sulfonamides is 1. The average Bonchev–Trinajstić information content (AvgIpc) is 2.83. The van der Waals surface area contributed by atoms with Crippen molar-refractivity contribution in [2.75, 3.05) is 17.5 Å². The van der Waals surface area contributed by atoms with Crippen LogP contribution < -0.4 is 14.5 Å². The van der Waals surface area contributed by atoms with Gasteiger partial charge in [-0.15, -0.1) is 0 Å². The number of anilines is 1. The van der Waals surface area contributed by atoms with Crippen LogP contribution in [0, 0.1) is 10.1 Å². The first-order chi connectivity index (χ1) is 16.7. The van der Waals surface area contributed by atoms with Crippen LogP contribution in [0.1, 0.15) is 12.5 Å². The number of rotatable bonds is 10. The van der Waals surface area contributed by atoms with Gasteiger partial charge < -0.3 is 4.74 Å². The summed E-state index contributed by atoms with van der Waals surface area (Å²) in [4.78, 5) is 23.2. The summed E-state index contributed by atoms with van der Waals surface area (Å²) in [6, 6.07) is 17.8. The van der Waals surface area contributed by atoms with Crippen molar-refractivity contribution in [1.82, 2.24) is 5.43 Å². The van der Waals surface area contributed by atoms with Crippen molar-refractivity contribution in [2.45, 2.75) is 11.8 Å². The zero-order valence-electron chi connectivity index (χ0n) is 18.5. The number of nitro groups is 1. The predicted octanol–water partition coefficient (Wildman–Crippen LogP) is 3.99. The Morgan fingerprint density at radius 3 is 2.46 bits per heavy atom. The molecule has 0 spiro atoms. The van der Waals surface area contributed by atoms with Crippen molar-refractivity contribution >= 4 is 45.1 Å². The van der Waals surface area contributed by atoms with Gasteiger partial charge in [-0.3, -0.25) is 19.2 Å². The fourth-order valence-corrected chi connectivity index (χ4v) is 4.63. The number of ether oxygens (including phenoxy) is 1. The largest absolute Gasteiger partial charge is 0.492 e. The lowest BCUT2D eigenvalue weighted by molar-refractivity contribution is -0.385. The van der Waals surface area contributed by atoms with Gasteiger partial charge in [0.05, 0.1) is 33.9 Å². The molecule has 12 heteroatoms. The van der Waals surface area contributed by atoms with Crippen LogP contribution in [0.2, 0.25) is 5.02 Å². The third-order valence-corrected chi connectivity index (χ3v) is 6.67. The number of carbonyl (C=O) groups excluding carboxylic acids is 1. The van der Waals surface area contributed by atoms with E-state index in [2.05, 4.69) is 10.5 Å². The topological polar surface area (TPSA) is 131 Å².